The summed E-state index contributed by atoms with van der Waals surface area (Å²) in [4.78, 5) is 36.7. The zero-order valence-electron chi connectivity index (χ0n) is 17.7. The minimum atomic E-state index is -1.16. The van der Waals surface area contributed by atoms with Gasteiger partial charge in [-0.2, -0.15) is 0 Å². The highest BCUT2D eigenvalue weighted by Gasteiger charge is 2.71. The lowest BCUT2D eigenvalue weighted by atomic mass is 9.51. The van der Waals surface area contributed by atoms with Gasteiger partial charge in [-0.25, -0.2) is 4.79 Å². The van der Waals surface area contributed by atoms with Crippen LogP contribution in [0.1, 0.15) is 56.3 Å². The monoisotopic (exact) mass is 425 g/mol. The average molecular weight is 425 g/mol. The van der Waals surface area contributed by atoms with Gasteiger partial charge in [0.15, 0.2) is 5.78 Å². The Bertz CT molecular complexity index is 1030. The fourth-order valence-corrected chi connectivity index (χ4v) is 7.00. The van der Waals surface area contributed by atoms with Crippen molar-refractivity contribution in [3.63, 3.8) is 0 Å². The first-order chi connectivity index (χ1) is 14.6. The van der Waals surface area contributed by atoms with E-state index >= 15 is 0 Å². The molecule has 1 aromatic rings. The number of carbonyl (C=O) groups excluding carboxylic acids is 2. The van der Waals surface area contributed by atoms with E-state index in [1.165, 1.54) is 12.1 Å². The van der Waals surface area contributed by atoms with Crippen molar-refractivity contribution in [2.75, 3.05) is 5.32 Å². The highest BCUT2D eigenvalue weighted by molar-refractivity contribution is 5.98. The fraction of sp³-hybridized carbons (Fsp3) is 0.542. The number of carboxylic acid groups (broad SMARTS) is 1. The number of amides is 1. The molecule has 6 atom stereocenters. The number of hydrogen-bond donors (Lipinski definition) is 3. The quantitative estimate of drug-likeness (QED) is 0.622. The molecular weight excluding hydrogens is 398 g/mol. The van der Waals surface area contributed by atoms with Crippen LogP contribution in [0.25, 0.3) is 0 Å². The molecular formula is C24H27NO6. The number of anilines is 1. The summed E-state index contributed by atoms with van der Waals surface area (Å²) in [5.41, 5.74) is -0.703. The molecule has 1 unspecified atom stereocenters. The average Bonchev–Trinajstić information content (AvgIpc) is 3.06. The van der Waals surface area contributed by atoms with Gasteiger partial charge >= 0.3 is 5.97 Å². The third-order valence-corrected chi connectivity index (χ3v) is 8.30. The number of carboxylic acids is 1. The molecule has 7 heteroatoms. The lowest BCUT2D eigenvalue weighted by Crippen LogP contribution is -2.56. The smallest absolute Gasteiger partial charge is 0.335 e. The molecule has 2 aliphatic heterocycles. The van der Waals surface area contributed by atoms with Crippen molar-refractivity contribution < 1.29 is 29.3 Å². The number of phenols is 1. The molecule has 1 amide bonds. The maximum atomic E-state index is 13.0. The molecule has 5 aliphatic rings. The number of aromatic carboxylic acids is 1. The number of allylic oxidation sites excluding steroid dienone is 2. The molecule has 2 heterocycles. The summed E-state index contributed by atoms with van der Waals surface area (Å²) in [6.45, 7) is 4.16. The predicted octanol–water partition coefficient (Wildman–Crippen LogP) is 3.53. The summed E-state index contributed by atoms with van der Waals surface area (Å²) < 4.78 is 6.43. The molecule has 3 N–H and O–H groups in total. The molecule has 3 aliphatic carbocycles. The summed E-state index contributed by atoms with van der Waals surface area (Å²) in [5.74, 6) is -1.13. The van der Waals surface area contributed by atoms with Gasteiger partial charge in [-0.1, -0.05) is 13.0 Å². The summed E-state index contributed by atoms with van der Waals surface area (Å²) in [6, 6.07) is 3.79. The Morgan fingerprint density at radius 3 is 2.74 bits per heavy atom. The highest BCUT2D eigenvalue weighted by Crippen LogP contribution is 2.71. The topological polar surface area (TPSA) is 113 Å². The second-order valence-electron chi connectivity index (χ2n) is 10.2. The van der Waals surface area contributed by atoms with Gasteiger partial charge in [0.25, 0.3) is 0 Å². The van der Waals surface area contributed by atoms with Gasteiger partial charge in [-0.15, -0.1) is 0 Å². The Hall–Kier alpha value is -2.67. The first-order valence-corrected chi connectivity index (χ1v) is 10.8. The first-order valence-electron chi connectivity index (χ1n) is 10.8. The molecule has 0 aromatic heterocycles. The lowest BCUT2D eigenvalue weighted by molar-refractivity contribution is -0.169. The molecule has 1 aromatic carbocycles. The van der Waals surface area contributed by atoms with Gasteiger partial charge in [0.2, 0.25) is 5.91 Å². The number of hydrogen-bond acceptors (Lipinski definition) is 5. The van der Waals surface area contributed by atoms with Crippen molar-refractivity contribution in [2.45, 2.75) is 57.7 Å². The third kappa shape index (κ3) is 2.86. The molecule has 7 nitrogen and oxygen atoms in total. The maximum absolute atomic E-state index is 13.0. The predicted molar refractivity (Wildman–Crippen MR) is 112 cm³/mol. The molecule has 2 saturated carbocycles. The fourth-order valence-electron chi connectivity index (χ4n) is 7.00. The minimum Gasteiger partial charge on any atom is -0.506 e. The van der Waals surface area contributed by atoms with Crippen LogP contribution in [-0.2, 0) is 14.3 Å². The number of rotatable bonds is 5. The van der Waals surface area contributed by atoms with Crippen molar-refractivity contribution in [3.05, 3.63) is 35.9 Å². The van der Waals surface area contributed by atoms with Crippen LogP contribution in [0, 0.1) is 22.7 Å². The van der Waals surface area contributed by atoms with Crippen molar-refractivity contribution in [2.24, 2.45) is 22.7 Å². The Morgan fingerprint density at radius 2 is 2.06 bits per heavy atom. The normalized spacial score (nSPS) is 39.5. The standard InChI is InChI=1S/C24H27NO6/c1-22(7-6-19(28)25-15-4-3-13(21(29)30)9-16(15)26)18(27)5-8-24-11-14-10-17(20(22)24)31-23(14,2)12-24/h3-5,8-9,14,17,20,26H,6-7,10-12H2,1-2H3,(H,25,28)(H,29,30)/t14?,17-,20-,22+,23-,24-/m0/s1. The first kappa shape index (κ1) is 20.2. The number of carbonyl (C=O) groups is 3. The van der Waals surface area contributed by atoms with Gasteiger partial charge < -0.3 is 20.3 Å². The molecule has 4 fully saturated rings. The molecule has 164 valence electrons. The number of aromatic hydroxyl groups is 1. The summed E-state index contributed by atoms with van der Waals surface area (Å²) in [7, 11) is 0. The van der Waals surface area contributed by atoms with Crippen molar-refractivity contribution in [3.8, 4) is 5.75 Å². The molecule has 1 spiro atoms. The van der Waals surface area contributed by atoms with E-state index in [1.807, 2.05) is 6.92 Å². The SMILES string of the molecule is C[C@]12C[C@@]34C=CC(=O)[C@@](C)(CCC(=O)Nc5ccc(C(=O)O)cc5O)[C@@H]3[C@H](CC1C4)O2. The van der Waals surface area contributed by atoms with Crippen LogP contribution in [0.2, 0.25) is 0 Å². The van der Waals surface area contributed by atoms with Crippen molar-refractivity contribution >= 4 is 23.3 Å². The maximum Gasteiger partial charge on any atom is 0.335 e. The van der Waals surface area contributed by atoms with E-state index in [0.29, 0.717) is 12.3 Å². The van der Waals surface area contributed by atoms with Gasteiger partial charge in [0.05, 0.1) is 23.0 Å². The van der Waals surface area contributed by atoms with Crippen LogP contribution < -0.4 is 5.32 Å². The van der Waals surface area contributed by atoms with Crippen LogP contribution in [0.5, 0.6) is 5.75 Å². The van der Waals surface area contributed by atoms with Crippen LogP contribution in [0.4, 0.5) is 5.69 Å². The number of nitrogens with one attached hydrogen (secondary N) is 1. The van der Waals surface area contributed by atoms with Crippen LogP contribution in [0.3, 0.4) is 0 Å². The van der Waals surface area contributed by atoms with Gasteiger partial charge in [0, 0.05) is 17.8 Å². The Labute approximate surface area is 180 Å². The van der Waals surface area contributed by atoms with Crippen molar-refractivity contribution in [1.29, 1.82) is 0 Å². The number of ether oxygens (including phenoxy) is 1. The lowest BCUT2D eigenvalue weighted by Gasteiger charge is -2.55. The number of phenolic OH excluding ortho intramolecular Hbond substituents is 1. The van der Waals surface area contributed by atoms with E-state index in [1.54, 1.807) is 6.08 Å². The highest BCUT2D eigenvalue weighted by atomic mass is 16.5. The molecule has 31 heavy (non-hydrogen) atoms. The largest absolute Gasteiger partial charge is 0.506 e. The molecule has 2 saturated heterocycles. The zero-order valence-corrected chi connectivity index (χ0v) is 17.7. The Morgan fingerprint density at radius 1 is 1.29 bits per heavy atom. The van der Waals surface area contributed by atoms with Crippen LogP contribution in [0.15, 0.2) is 30.4 Å². The van der Waals surface area contributed by atoms with E-state index in [0.717, 1.165) is 25.3 Å². The number of benzene rings is 1. The van der Waals surface area contributed by atoms with E-state index in [2.05, 4.69) is 18.3 Å². The van der Waals surface area contributed by atoms with E-state index < -0.39 is 11.4 Å². The molecule has 0 radical (unpaired) electrons. The van der Waals surface area contributed by atoms with Crippen LogP contribution >= 0.6 is 0 Å². The zero-order chi connectivity index (χ0) is 22.2. The van der Waals surface area contributed by atoms with Crippen LogP contribution in [-0.4, -0.2) is 39.6 Å². The van der Waals surface area contributed by atoms with E-state index in [9.17, 15) is 19.5 Å². The summed E-state index contributed by atoms with van der Waals surface area (Å²) in [6.07, 6.45) is 7.36. The van der Waals surface area contributed by atoms with E-state index in [4.69, 9.17) is 9.84 Å². The minimum absolute atomic E-state index is 0.0232. The van der Waals surface area contributed by atoms with E-state index in [-0.39, 0.29) is 58.1 Å². The Balaban J connectivity index is 1.32. The second-order valence-corrected chi connectivity index (χ2v) is 10.2. The van der Waals surface area contributed by atoms with Gasteiger partial charge in [0.1, 0.15) is 5.75 Å². The molecule has 4 bridgehead atoms. The van der Waals surface area contributed by atoms with Gasteiger partial charge in [-0.05, 0) is 68.2 Å². The third-order valence-electron chi connectivity index (χ3n) is 8.30. The summed E-state index contributed by atoms with van der Waals surface area (Å²) in [5, 5.41) is 21.7. The number of ketones is 1. The second kappa shape index (κ2) is 6.42. The Kier molecular flexibility index (Phi) is 4.19. The van der Waals surface area contributed by atoms with Gasteiger partial charge in [-0.3, -0.25) is 9.59 Å². The molecule has 6 rings (SSSR count). The van der Waals surface area contributed by atoms with Crippen molar-refractivity contribution in [1.82, 2.24) is 0 Å². The summed E-state index contributed by atoms with van der Waals surface area (Å²) >= 11 is 0.